The second-order valence-corrected chi connectivity index (χ2v) is 4.98. The molecule has 0 atom stereocenters. The second-order valence-electron chi connectivity index (χ2n) is 4.54. The van der Waals surface area contributed by atoms with Crippen LogP contribution >= 0.6 is 11.6 Å². The van der Waals surface area contributed by atoms with Crippen molar-refractivity contribution in [3.63, 3.8) is 0 Å². The standard InChI is InChI=1S/C12H8ClN7O/c1-18-6-14-11(16-18)8-5-15-19-10-4-7(13)2-3-9(10)20(21)17-12(8)19/h2-6H,1H3. The van der Waals surface area contributed by atoms with E-state index in [1.807, 2.05) is 0 Å². The van der Waals surface area contributed by atoms with Gasteiger partial charge >= 0.3 is 0 Å². The van der Waals surface area contributed by atoms with Gasteiger partial charge in [0.15, 0.2) is 5.82 Å². The van der Waals surface area contributed by atoms with E-state index in [-0.39, 0.29) is 0 Å². The highest BCUT2D eigenvalue weighted by Crippen LogP contribution is 2.22. The maximum atomic E-state index is 12.1. The van der Waals surface area contributed by atoms with E-state index in [0.717, 1.165) is 0 Å². The van der Waals surface area contributed by atoms with E-state index in [2.05, 4.69) is 20.3 Å². The Morgan fingerprint density at radius 2 is 2.19 bits per heavy atom. The minimum atomic E-state index is 0.381. The molecule has 0 unspecified atom stereocenters. The fourth-order valence-electron chi connectivity index (χ4n) is 2.20. The molecule has 0 radical (unpaired) electrons. The molecule has 21 heavy (non-hydrogen) atoms. The molecule has 0 bridgehead atoms. The average Bonchev–Trinajstić information content (AvgIpc) is 3.04. The fraction of sp³-hybridized carbons (Fsp3) is 0.0833. The Morgan fingerprint density at radius 1 is 1.33 bits per heavy atom. The number of aromatic nitrogens is 7. The quantitative estimate of drug-likeness (QED) is 0.386. The van der Waals surface area contributed by atoms with Crippen molar-refractivity contribution in [2.45, 2.75) is 0 Å². The number of halogens is 1. The predicted molar refractivity (Wildman–Crippen MR) is 74.5 cm³/mol. The lowest BCUT2D eigenvalue weighted by atomic mass is 10.3. The number of aryl methyl sites for hydroxylation is 1. The molecule has 0 fully saturated rings. The van der Waals surface area contributed by atoms with Crippen molar-refractivity contribution < 1.29 is 4.85 Å². The Hall–Kier alpha value is -2.74. The van der Waals surface area contributed by atoms with Gasteiger partial charge < -0.3 is 5.21 Å². The number of fused-ring (bicyclic) bond motifs is 3. The van der Waals surface area contributed by atoms with Gasteiger partial charge in [-0.05, 0) is 17.0 Å². The molecule has 3 heterocycles. The Bertz CT molecular complexity index is 990. The first-order chi connectivity index (χ1) is 10.1. The molecule has 9 heteroatoms. The molecule has 0 spiro atoms. The third kappa shape index (κ3) is 1.73. The van der Waals surface area contributed by atoms with Crippen molar-refractivity contribution >= 4 is 28.3 Å². The van der Waals surface area contributed by atoms with Crippen LogP contribution in [0.4, 0.5) is 0 Å². The molecule has 0 amide bonds. The van der Waals surface area contributed by atoms with Crippen molar-refractivity contribution in [1.29, 1.82) is 0 Å². The zero-order valence-electron chi connectivity index (χ0n) is 10.8. The zero-order valence-corrected chi connectivity index (χ0v) is 11.6. The fourth-order valence-corrected chi connectivity index (χ4v) is 2.37. The van der Waals surface area contributed by atoms with Gasteiger partial charge in [-0.25, -0.2) is 9.50 Å². The lowest BCUT2D eigenvalue weighted by Crippen LogP contribution is -2.33. The molecule has 4 rings (SSSR count). The van der Waals surface area contributed by atoms with Gasteiger partial charge in [-0.15, -0.1) is 0 Å². The highest BCUT2D eigenvalue weighted by atomic mass is 35.5. The van der Waals surface area contributed by atoms with Crippen LogP contribution in [0.3, 0.4) is 0 Å². The largest absolute Gasteiger partial charge is 0.594 e. The van der Waals surface area contributed by atoms with Gasteiger partial charge in [-0.3, -0.25) is 4.68 Å². The Kier molecular flexibility index (Phi) is 2.36. The van der Waals surface area contributed by atoms with Crippen LogP contribution < -0.4 is 4.85 Å². The minimum Gasteiger partial charge on any atom is -0.594 e. The summed E-state index contributed by atoms with van der Waals surface area (Å²) >= 11 is 6.00. The van der Waals surface area contributed by atoms with Crippen molar-refractivity contribution in [3.8, 4) is 11.4 Å². The molecule has 3 aromatic heterocycles. The molecule has 0 aliphatic heterocycles. The van der Waals surface area contributed by atoms with Gasteiger partial charge in [-0.2, -0.15) is 10.2 Å². The van der Waals surface area contributed by atoms with Gasteiger partial charge in [0.2, 0.25) is 5.65 Å². The molecule has 4 aromatic rings. The Balaban J connectivity index is 2.11. The van der Waals surface area contributed by atoms with E-state index in [0.29, 0.717) is 37.9 Å². The van der Waals surface area contributed by atoms with Crippen LogP contribution in [-0.4, -0.2) is 29.5 Å². The van der Waals surface area contributed by atoms with Gasteiger partial charge in [0, 0.05) is 23.2 Å². The smallest absolute Gasteiger partial charge is 0.270 e. The van der Waals surface area contributed by atoms with Crippen LogP contribution in [0, 0.1) is 5.21 Å². The van der Waals surface area contributed by atoms with Gasteiger partial charge in [-0.1, -0.05) is 11.6 Å². The SMILES string of the molecule is Cn1cnc(-c2cnn3c2n[n+]([O-])c2ccc(Cl)cc23)n1. The molecule has 0 aliphatic carbocycles. The normalized spacial score (nSPS) is 11.5. The third-order valence-electron chi connectivity index (χ3n) is 3.14. The first-order valence-electron chi connectivity index (χ1n) is 6.06. The summed E-state index contributed by atoms with van der Waals surface area (Å²) in [6.07, 6.45) is 3.15. The summed E-state index contributed by atoms with van der Waals surface area (Å²) in [7, 11) is 1.76. The maximum Gasteiger partial charge on any atom is 0.270 e. The maximum absolute atomic E-state index is 12.1. The van der Waals surface area contributed by atoms with Crippen LogP contribution in [0.1, 0.15) is 0 Å². The van der Waals surface area contributed by atoms with E-state index < -0.39 is 0 Å². The van der Waals surface area contributed by atoms with E-state index in [9.17, 15) is 5.21 Å². The van der Waals surface area contributed by atoms with Crippen LogP contribution in [0.25, 0.3) is 28.1 Å². The number of benzene rings is 1. The lowest BCUT2D eigenvalue weighted by molar-refractivity contribution is -0.640. The van der Waals surface area contributed by atoms with E-state index in [4.69, 9.17) is 11.6 Å². The van der Waals surface area contributed by atoms with Crippen molar-refractivity contribution in [3.05, 3.63) is 41.0 Å². The van der Waals surface area contributed by atoms with Crippen molar-refractivity contribution in [2.75, 3.05) is 0 Å². The molecular formula is C12H8ClN7O. The zero-order chi connectivity index (χ0) is 14.6. The summed E-state index contributed by atoms with van der Waals surface area (Å²) < 4.78 is 3.13. The Labute approximate surface area is 122 Å². The first-order valence-corrected chi connectivity index (χ1v) is 6.44. The lowest BCUT2D eigenvalue weighted by Gasteiger charge is -2.02. The summed E-state index contributed by atoms with van der Waals surface area (Å²) in [6, 6.07) is 4.91. The Morgan fingerprint density at radius 3 is 2.95 bits per heavy atom. The third-order valence-corrected chi connectivity index (χ3v) is 3.38. The summed E-state index contributed by atoms with van der Waals surface area (Å²) in [6.45, 7) is 0. The molecule has 0 saturated carbocycles. The molecular weight excluding hydrogens is 294 g/mol. The van der Waals surface area contributed by atoms with E-state index in [1.165, 1.54) is 0 Å². The first kappa shape index (κ1) is 12.0. The topological polar surface area (TPSA) is 87.8 Å². The van der Waals surface area contributed by atoms with Gasteiger partial charge in [0.1, 0.15) is 11.8 Å². The molecule has 0 N–H and O–H groups in total. The second kappa shape index (κ2) is 4.13. The number of hydrogen-bond acceptors (Lipinski definition) is 5. The van der Waals surface area contributed by atoms with E-state index in [1.54, 1.807) is 47.0 Å². The van der Waals surface area contributed by atoms with Crippen LogP contribution in [-0.2, 0) is 7.05 Å². The monoisotopic (exact) mass is 301 g/mol. The molecule has 104 valence electrons. The molecule has 1 aromatic carbocycles. The van der Waals surface area contributed by atoms with Crippen LogP contribution in [0.5, 0.6) is 0 Å². The molecule has 0 aliphatic rings. The summed E-state index contributed by atoms with van der Waals surface area (Å²) in [4.78, 5) is 4.71. The number of nitrogens with zero attached hydrogens (tertiary/aromatic N) is 7. The highest BCUT2D eigenvalue weighted by molar-refractivity contribution is 6.31. The minimum absolute atomic E-state index is 0.381. The van der Waals surface area contributed by atoms with Crippen molar-refractivity contribution in [2.24, 2.45) is 7.05 Å². The average molecular weight is 302 g/mol. The van der Waals surface area contributed by atoms with Gasteiger partial charge in [0.05, 0.1) is 11.8 Å². The van der Waals surface area contributed by atoms with Gasteiger partial charge in [0.25, 0.3) is 5.52 Å². The van der Waals surface area contributed by atoms with Crippen LogP contribution in [0.15, 0.2) is 30.7 Å². The van der Waals surface area contributed by atoms with E-state index >= 15 is 0 Å². The highest BCUT2D eigenvalue weighted by Gasteiger charge is 2.19. The summed E-state index contributed by atoms with van der Waals surface area (Å²) in [5.74, 6) is 0.460. The molecule has 0 saturated heterocycles. The molecule has 8 nitrogen and oxygen atoms in total. The number of rotatable bonds is 1. The summed E-state index contributed by atoms with van der Waals surface area (Å²) in [5, 5.41) is 25.1. The van der Waals surface area contributed by atoms with Crippen LogP contribution in [0.2, 0.25) is 5.02 Å². The predicted octanol–water partition coefficient (Wildman–Crippen LogP) is 0.965. The summed E-state index contributed by atoms with van der Waals surface area (Å²) in [5.41, 5.74) is 1.92. The van der Waals surface area contributed by atoms with Crippen molar-refractivity contribution in [1.82, 2.24) is 29.5 Å². The number of hydrogen-bond donors (Lipinski definition) is 0.